The lowest BCUT2D eigenvalue weighted by atomic mass is 10.1. The monoisotopic (exact) mass is 359 g/mol. The zero-order valence-corrected chi connectivity index (χ0v) is 15.1. The number of benzene rings is 2. The van der Waals surface area contributed by atoms with E-state index in [1.165, 1.54) is 11.0 Å². The third-order valence-corrected chi connectivity index (χ3v) is 4.90. The van der Waals surface area contributed by atoms with Gasteiger partial charge in [0.25, 0.3) is 5.56 Å². The van der Waals surface area contributed by atoms with Gasteiger partial charge < -0.3 is 0 Å². The van der Waals surface area contributed by atoms with Crippen molar-refractivity contribution in [1.29, 1.82) is 0 Å². The zero-order chi connectivity index (χ0) is 17.1. The summed E-state index contributed by atoms with van der Waals surface area (Å²) in [7, 11) is 0. The molecule has 0 bridgehead atoms. The van der Waals surface area contributed by atoms with Crippen molar-refractivity contribution in [1.82, 2.24) is 9.66 Å². The fourth-order valence-electron chi connectivity index (χ4n) is 2.47. The molecule has 1 heterocycles. The van der Waals surface area contributed by atoms with Crippen molar-refractivity contribution in [3.8, 4) is 0 Å². The second-order valence-corrected chi connectivity index (χ2v) is 7.05. The van der Waals surface area contributed by atoms with Gasteiger partial charge in [-0.15, -0.1) is 11.8 Å². The quantitative estimate of drug-likeness (QED) is 0.676. The van der Waals surface area contributed by atoms with Crippen LogP contribution in [0.15, 0.2) is 52.4 Å². The molecule has 2 aromatic carbocycles. The number of anilines is 1. The molecule has 124 valence electrons. The molecule has 4 nitrogen and oxygen atoms in total. The molecular formula is C18H18ClN3OS. The van der Waals surface area contributed by atoms with E-state index >= 15 is 0 Å². The smallest absolute Gasteiger partial charge is 0.280 e. The van der Waals surface area contributed by atoms with Crippen molar-refractivity contribution >= 4 is 40.0 Å². The Hall–Kier alpha value is -1.98. The molecule has 0 unspecified atom stereocenters. The highest BCUT2D eigenvalue weighted by Gasteiger charge is 2.08. The van der Waals surface area contributed by atoms with Crippen molar-refractivity contribution in [2.45, 2.75) is 25.2 Å². The molecule has 0 spiro atoms. The largest absolute Gasteiger partial charge is 0.289 e. The van der Waals surface area contributed by atoms with Crippen molar-refractivity contribution in [3.05, 3.63) is 63.7 Å². The Morgan fingerprint density at radius 2 is 2.04 bits per heavy atom. The average molecular weight is 360 g/mol. The Morgan fingerprint density at radius 3 is 2.79 bits per heavy atom. The summed E-state index contributed by atoms with van der Waals surface area (Å²) in [6, 6.07) is 11.4. The Bertz CT molecular complexity index is 939. The van der Waals surface area contributed by atoms with Gasteiger partial charge in [-0.2, -0.15) is 0 Å². The first kappa shape index (κ1) is 16.9. The predicted octanol–water partition coefficient (Wildman–Crippen LogP) is 4.60. The van der Waals surface area contributed by atoms with Gasteiger partial charge in [0.15, 0.2) is 0 Å². The predicted molar refractivity (Wildman–Crippen MR) is 102 cm³/mol. The van der Waals surface area contributed by atoms with Gasteiger partial charge in [0.1, 0.15) is 6.33 Å². The van der Waals surface area contributed by atoms with Crippen LogP contribution in [-0.2, 0) is 6.42 Å². The third-order valence-electron chi connectivity index (χ3n) is 3.71. The Balaban J connectivity index is 2.06. The minimum absolute atomic E-state index is 0.122. The van der Waals surface area contributed by atoms with Gasteiger partial charge in [-0.3, -0.25) is 10.2 Å². The summed E-state index contributed by atoms with van der Waals surface area (Å²) in [6.45, 7) is 4.15. The van der Waals surface area contributed by atoms with Gasteiger partial charge in [0.2, 0.25) is 0 Å². The van der Waals surface area contributed by atoms with E-state index < -0.39 is 0 Å². The van der Waals surface area contributed by atoms with Crippen molar-refractivity contribution in [2.75, 3.05) is 11.2 Å². The second kappa shape index (κ2) is 7.28. The first-order valence-electron chi connectivity index (χ1n) is 7.82. The van der Waals surface area contributed by atoms with E-state index in [0.717, 1.165) is 28.3 Å². The Morgan fingerprint density at radius 1 is 1.21 bits per heavy atom. The fourth-order valence-corrected chi connectivity index (χ4v) is 3.38. The van der Waals surface area contributed by atoms with E-state index in [-0.39, 0.29) is 5.56 Å². The van der Waals surface area contributed by atoms with Crippen LogP contribution in [0.4, 0.5) is 5.69 Å². The van der Waals surface area contributed by atoms with Crippen molar-refractivity contribution in [2.24, 2.45) is 0 Å². The van der Waals surface area contributed by atoms with Crippen LogP contribution in [-0.4, -0.2) is 15.4 Å². The first-order chi connectivity index (χ1) is 11.6. The molecule has 0 aliphatic rings. The highest BCUT2D eigenvalue weighted by Crippen LogP contribution is 2.29. The summed E-state index contributed by atoms with van der Waals surface area (Å²) in [6.07, 6.45) is 2.39. The maximum atomic E-state index is 12.8. The zero-order valence-electron chi connectivity index (χ0n) is 13.5. The molecule has 0 saturated heterocycles. The topological polar surface area (TPSA) is 46.9 Å². The summed E-state index contributed by atoms with van der Waals surface area (Å²) in [4.78, 5) is 18.2. The molecule has 3 aromatic rings. The number of fused-ring (bicyclic) bond motifs is 1. The van der Waals surface area contributed by atoms with Crippen LogP contribution < -0.4 is 11.0 Å². The number of aromatic nitrogens is 2. The number of halogens is 1. The van der Waals surface area contributed by atoms with Crippen LogP contribution in [0.2, 0.25) is 5.02 Å². The highest BCUT2D eigenvalue weighted by atomic mass is 35.5. The van der Waals surface area contributed by atoms with E-state index in [1.807, 2.05) is 36.4 Å². The molecule has 0 aliphatic heterocycles. The molecule has 0 radical (unpaired) electrons. The number of nitrogens with one attached hydrogen (secondary N) is 1. The number of aryl methyl sites for hydroxylation is 1. The van der Waals surface area contributed by atoms with E-state index in [2.05, 4.69) is 24.3 Å². The highest BCUT2D eigenvalue weighted by molar-refractivity contribution is 7.99. The SMILES string of the molecule is CCSc1ccc(Cl)cc1Nn1cnc2ccc(CC)cc2c1=O. The number of hydrogen-bond acceptors (Lipinski definition) is 4. The van der Waals surface area contributed by atoms with E-state index in [1.54, 1.807) is 11.8 Å². The van der Waals surface area contributed by atoms with Crippen molar-refractivity contribution in [3.63, 3.8) is 0 Å². The van der Waals surface area contributed by atoms with Gasteiger partial charge >= 0.3 is 0 Å². The summed E-state index contributed by atoms with van der Waals surface area (Å²) < 4.78 is 1.41. The van der Waals surface area contributed by atoms with Gasteiger partial charge in [-0.05, 0) is 48.1 Å². The number of thioether (sulfide) groups is 1. The van der Waals surface area contributed by atoms with Crippen molar-refractivity contribution < 1.29 is 0 Å². The molecular weight excluding hydrogens is 342 g/mol. The minimum atomic E-state index is -0.122. The maximum Gasteiger partial charge on any atom is 0.280 e. The van der Waals surface area contributed by atoms with Gasteiger partial charge in [-0.1, -0.05) is 31.5 Å². The van der Waals surface area contributed by atoms with Crippen LogP contribution in [0.25, 0.3) is 10.9 Å². The lowest BCUT2D eigenvalue weighted by molar-refractivity contribution is 0.874. The molecule has 1 aromatic heterocycles. The summed E-state index contributed by atoms with van der Waals surface area (Å²) in [5.74, 6) is 0.932. The molecule has 0 aliphatic carbocycles. The molecule has 24 heavy (non-hydrogen) atoms. The Labute approximate surface area is 149 Å². The van der Waals surface area contributed by atoms with Crippen LogP contribution in [0.5, 0.6) is 0 Å². The summed E-state index contributed by atoms with van der Waals surface area (Å²) >= 11 is 7.79. The Kier molecular flexibility index (Phi) is 5.11. The second-order valence-electron chi connectivity index (χ2n) is 5.31. The van der Waals surface area contributed by atoms with Gasteiger partial charge in [-0.25, -0.2) is 9.66 Å². The van der Waals surface area contributed by atoms with E-state index in [4.69, 9.17) is 11.6 Å². The van der Waals surface area contributed by atoms with Crippen LogP contribution in [0.1, 0.15) is 19.4 Å². The fraction of sp³-hybridized carbons (Fsp3) is 0.222. The van der Waals surface area contributed by atoms with E-state index in [0.29, 0.717) is 15.9 Å². The normalized spacial score (nSPS) is 11.0. The lowest BCUT2D eigenvalue weighted by Crippen LogP contribution is -2.26. The van der Waals surface area contributed by atoms with Gasteiger partial charge in [0.05, 0.1) is 16.6 Å². The lowest BCUT2D eigenvalue weighted by Gasteiger charge is -2.14. The van der Waals surface area contributed by atoms with Crippen LogP contribution in [0, 0.1) is 0 Å². The molecule has 3 rings (SSSR count). The summed E-state index contributed by atoms with van der Waals surface area (Å²) in [5, 5.41) is 1.23. The van der Waals surface area contributed by atoms with Crippen LogP contribution in [0.3, 0.4) is 0 Å². The summed E-state index contributed by atoms with van der Waals surface area (Å²) in [5.41, 5.74) is 5.62. The molecule has 0 saturated carbocycles. The molecule has 1 N–H and O–H groups in total. The molecule has 0 atom stereocenters. The molecule has 0 amide bonds. The number of hydrogen-bond donors (Lipinski definition) is 1. The maximum absolute atomic E-state index is 12.8. The third kappa shape index (κ3) is 3.42. The average Bonchev–Trinajstić information content (AvgIpc) is 2.59. The number of nitrogens with zero attached hydrogens (tertiary/aromatic N) is 2. The van der Waals surface area contributed by atoms with Gasteiger partial charge in [0, 0.05) is 9.92 Å². The van der Waals surface area contributed by atoms with E-state index in [9.17, 15) is 4.79 Å². The molecule has 0 fully saturated rings. The standard InChI is InChI=1S/C18H18ClN3OS/c1-3-12-5-7-15-14(9-12)18(23)22(11-20-15)21-16-10-13(19)6-8-17(16)24-4-2/h5-11,21H,3-4H2,1-2H3. The first-order valence-corrected chi connectivity index (χ1v) is 9.18. The molecule has 6 heteroatoms. The number of rotatable bonds is 5. The minimum Gasteiger partial charge on any atom is -0.289 e. The van der Waals surface area contributed by atoms with Crippen LogP contribution >= 0.6 is 23.4 Å².